The number of allylic oxidation sites excluding steroid dienone is 1. The summed E-state index contributed by atoms with van der Waals surface area (Å²) in [5.41, 5.74) is 8.28. The Morgan fingerprint density at radius 1 is 1.46 bits per heavy atom. The molecular formula is C17H24ClN5O. The number of aromatic nitrogens is 2. The molecule has 0 saturated carbocycles. The van der Waals surface area contributed by atoms with Crippen LogP contribution in [-0.2, 0) is 4.74 Å². The van der Waals surface area contributed by atoms with Crippen LogP contribution in [0.4, 0.5) is 11.8 Å². The van der Waals surface area contributed by atoms with Crippen LogP contribution >= 0.6 is 11.6 Å². The third-order valence-electron chi connectivity index (χ3n) is 3.35. The molecule has 0 saturated heterocycles. The summed E-state index contributed by atoms with van der Waals surface area (Å²) in [5.74, 6) is 1.44. The van der Waals surface area contributed by atoms with Crippen molar-refractivity contribution < 1.29 is 4.74 Å². The summed E-state index contributed by atoms with van der Waals surface area (Å²) in [4.78, 5) is 14.5. The Balaban J connectivity index is 3.23. The van der Waals surface area contributed by atoms with Crippen LogP contribution < -0.4 is 10.6 Å². The molecule has 2 N–H and O–H groups in total. The van der Waals surface area contributed by atoms with Gasteiger partial charge >= 0.3 is 0 Å². The van der Waals surface area contributed by atoms with Gasteiger partial charge in [-0.25, -0.2) is 4.98 Å². The minimum absolute atomic E-state index is 0.119. The average Bonchev–Trinajstić information content (AvgIpc) is 2.50. The monoisotopic (exact) mass is 349 g/mol. The lowest BCUT2D eigenvalue weighted by Gasteiger charge is -2.24. The lowest BCUT2D eigenvalue weighted by molar-refractivity contribution is 0.298. The molecule has 0 aliphatic rings. The second-order valence-corrected chi connectivity index (χ2v) is 5.57. The number of nitrogens with zero attached hydrogens (tertiary/aromatic N) is 4. The fourth-order valence-electron chi connectivity index (χ4n) is 2.30. The summed E-state index contributed by atoms with van der Waals surface area (Å²) in [7, 11) is 3.35. The second kappa shape index (κ2) is 9.08. The van der Waals surface area contributed by atoms with E-state index in [-0.39, 0.29) is 11.1 Å². The lowest BCUT2D eigenvalue weighted by atomic mass is 10.1. The van der Waals surface area contributed by atoms with Crippen molar-refractivity contribution in [1.82, 2.24) is 9.97 Å². The highest BCUT2D eigenvalue weighted by Gasteiger charge is 2.16. The molecule has 0 aliphatic carbocycles. The molecule has 1 aromatic rings. The van der Waals surface area contributed by atoms with Crippen LogP contribution in [0.15, 0.2) is 47.2 Å². The Morgan fingerprint density at radius 2 is 2.12 bits per heavy atom. The third-order valence-corrected chi connectivity index (χ3v) is 3.54. The zero-order valence-electron chi connectivity index (χ0n) is 14.6. The van der Waals surface area contributed by atoms with Gasteiger partial charge in [-0.3, -0.25) is 4.99 Å². The first-order chi connectivity index (χ1) is 11.3. The van der Waals surface area contributed by atoms with E-state index in [1.54, 1.807) is 26.3 Å². The highest BCUT2D eigenvalue weighted by atomic mass is 35.5. The van der Waals surface area contributed by atoms with Gasteiger partial charge in [0.25, 0.3) is 0 Å². The summed E-state index contributed by atoms with van der Waals surface area (Å²) in [5, 5.41) is 0.285. The molecule has 7 heteroatoms. The normalized spacial score (nSPS) is 12.5. The number of aliphatic imine (C=N–C) groups is 1. The third kappa shape index (κ3) is 5.09. The molecule has 1 rings (SSSR count). The van der Waals surface area contributed by atoms with E-state index in [1.165, 1.54) is 0 Å². The van der Waals surface area contributed by atoms with Crippen LogP contribution in [0, 0.1) is 0 Å². The summed E-state index contributed by atoms with van der Waals surface area (Å²) >= 11 is 5.99. The van der Waals surface area contributed by atoms with E-state index in [9.17, 15) is 0 Å². The molecule has 0 atom stereocenters. The summed E-state index contributed by atoms with van der Waals surface area (Å²) in [6, 6.07) is 1.66. The molecule has 0 amide bonds. The zero-order chi connectivity index (χ0) is 18.3. The minimum atomic E-state index is 0.119. The number of rotatable bonds is 8. The van der Waals surface area contributed by atoms with Gasteiger partial charge in [-0.2, -0.15) is 4.98 Å². The molecule has 6 nitrogen and oxygen atoms in total. The molecule has 0 aliphatic heterocycles. The van der Waals surface area contributed by atoms with Gasteiger partial charge in [0.2, 0.25) is 5.95 Å². The Kier molecular flexibility index (Phi) is 7.45. The minimum Gasteiger partial charge on any atom is -0.496 e. The first-order valence-corrected chi connectivity index (χ1v) is 7.74. The van der Waals surface area contributed by atoms with Crippen LogP contribution in [-0.4, -0.2) is 42.9 Å². The first kappa shape index (κ1) is 19.7. The standard InChI is InChI=1S/C17H24ClN5O/c1-7-8-23(15-9-14(18)21-17(19)22-15)10-13(20-5)12(4)16(24-6)11(2)3/h7,9H,1-2,8,10H2,3-6H3,(H2,19,21,22). The van der Waals surface area contributed by atoms with E-state index in [2.05, 4.69) is 28.1 Å². The van der Waals surface area contributed by atoms with Gasteiger partial charge in [0.05, 0.1) is 19.4 Å². The average molecular weight is 350 g/mol. The topological polar surface area (TPSA) is 76.6 Å². The van der Waals surface area contributed by atoms with Crippen molar-refractivity contribution in [3.05, 3.63) is 47.4 Å². The SMILES string of the molecule is C=CCN(CC(=NC)C(C)=C(OC)C(=C)C)c1cc(Cl)nc(N)n1. The summed E-state index contributed by atoms with van der Waals surface area (Å²) in [6.45, 7) is 12.6. The fourth-order valence-corrected chi connectivity index (χ4v) is 2.48. The number of nitrogen functional groups attached to an aromatic ring is 1. The van der Waals surface area contributed by atoms with Crippen molar-refractivity contribution in [2.24, 2.45) is 4.99 Å². The molecule has 1 aromatic heterocycles. The Morgan fingerprint density at radius 3 is 2.58 bits per heavy atom. The van der Waals surface area contributed by atoms with E-state index < -0.39 is 0 Å². The number of halogens is 1. The van der Waals surface area contributed by atoms with Crippen LogP contribution in [0.2, 0.25) is 5.15 Å². The van der Waals surface area contributed by atoms with Crippen molar-refractivity contribution in [3.8, 4) is 0 Å². The molecule has 1 heterocycles. The van der Waals surface area contributed by atoms with Gasteiger partial charge in [-0.15, -0.1) is 6.58 Å². The smallest absolute Gasteiger partial charge is 0.223 e. The van der Waals surface area contributed by atoms with Gasteiger partial charge in [0.15, 0.2) is 0 Å². The largest absolute Gasteiger partial charge is 0.496 e. The van der Waals surface area contributed by atoms with E-state index in [1.807, 2.05) is 18.7 Å². The number of methoxy groups -OCH3 is 1. The van der Waals surface area contributed by atoms with Gasteiger partial charge in [0, 0.05) is 25.2 Å². The molecule has 24 heavy (non-hydrogen) atoms. The first-order valence-electron chi connectivity index (χ1n) is 7.36. The zero-order valence-corrected chi connectivity index (χ0v) is 15.4. The second-order valence-electron chi connectivity index (χ2n) is 5.19. The maximum absolute atomic E-state index is 5.99. The maximum atomic E-state index is 5.99. The molecule has 0 fully saturated rings. The van der Waals surface area contributed by atoms with E-state index >= 15 is 0 Å². The summed E-state index contributed by atoms with van der Waals surface area (Å²) < 4.78 is 5.44. The Labute approximate surface area is 148 Å². The van der Waals surface area contributed by atoms with Crippen molar-refractivity contribution >= 4 is 29.1 Å². The maximum Gasteiger partial charge on any atom is 0.223 e. The highest BCUT2D eigenvalue weighted by Crippen LogP contribution is 2.20. The summed E-state index contributed by atoms with van der Waals surface area (Å²) in [6.07, 6.45) is 1.77. The molecule has 0 bridgehead atoms. The van der Waals surface area contributed by atoms with E-state index in [4.69, 9.17) is 22.1 Å². The lowest BCUT2D eigenvalue weighted by Crippen LogP contribution is -2.32. The van der Waals surface area contributed by atoms with Crippen molar-refractivity contribution in [2.45, 2.75) is 13.8 Å². The van der Waals surface area contributed by atoms with Crippen molar-refractivity contribution in [1.29, 1.82) is 0 Å². The quantitative estimate of drug-likeness (QED) is 0.256. The molecule has 0 radical (unpaired) electrons. The molecule has 0 unspecified atom stereocenters. The van der Waals surface area contributed by atoms with Gasteiger partial charge in [-0.1, -0.05) is 24.3 Å². The molecular weight excluding hydrogens is 326 g/mol. The van der Waals surface area contributed by atoms with E-state index in [0.29, 0.717) is 18.9 Å². The number of hydrogen-bond acceptors (Lipinski definition) is 6. The fraction of sp³-hybridized carbons (Fsp3) is 0.353. The highest BCUT2D eigenvalue weighted by molar-refractivity contribution is 6.29. The predicted molar refractivity (Wildman–Crippen MR) is 102 cm³/mol. The molecule has 130 valence electrons. The number of hydrogen-bond donors (Lipinski definition) is 1. The van der Waals surface area contributed by atoms with Crippen molar-refractivity contribution in [3.63, 3.8) is 0 Å². The number of ether oxygens (including phenoxy) is 1. The van der Waals surface area contributed by atoms with Crippen LogP contribution in [0.3, 0.4) is 0 Å². The van der Waals surface area contributed by atoms with Crippen molar-refractivity contribution in [2.75, 3.05) is 37.9 Å². The number of anilines is 2. The molecule has 0 aromatic carbocycles. The Bertz CT molecular complexity index is 661. The van der Waals surface area contributed by atoms with Crippen LogP contribution in [0.1, 0.15) is 13.8 Å². The molecule has 0 spiro atoms. The predicted octanol–water partition coefficient (Wildman–Crippen LogP) is 3.27. The Hall–Kier alpha value is -2.34. The van der Waals surface area contributed by atoms with Gasteiger partial charge in [0.1, 0.15) is 16.7 Å². The van der Waals surface area contributed by atoms with Crippen LogP contribution in [0.5, 0.6) is 0 Å². The van der Waals surface area contributed by atoms with E-state index in [0.717, 1.165) is 22.6 Å². The van der Waals surface area contributed by atoms with Gasteiger partial charge < -0.3 is 15.4 Å². The van der Waals surface area contributed by atoms with Crippen LogP contribution in [0.25, 0.3) is 0 Å². The van der Waals surface area contributed by atoms with Gasteiger partial charge in [-0.05, 0) is 19.4 Å². The number of nitrogens with two attached hydrogens (primary N) is 1.